The molecule has 0 bridgehead atoms. The molecular formula is C15H17BrClFO. The second-order valence-corrected chi connectivity index (χ2v) is 6.46. The molecule has 0 amide bonds. The highest BCUT2D eigenvalue weighted by Gasteiger charge is 2.29. The maximum Gasteiger partial charge on any atom is 0.168 e. The molecule has 0 spiro atoms. The third-order valence-electron chi connectivity index (χ3n) is 4.03. The van der Waals surface area contributed by atoms with Gasteiger partial charge in [0.25, 0.3) is 0 Å². The van der Waals surface area contributed by atoms with E-state index in [0.717, 1.165) is 25.7 Å². The van der Waals surface area contributed by atoms with Gasteiger partial charge < -0.3 is 0 Å². The van der Waals surface area contributed by atoms with Crippen molar-refractivity contribution in [1.82, 2.24) is 0 Å². The van der Waals surface area contributed by atoms with Crippen LogP contribution in [0.3, 0.4) is 0 Å². The Bertz CT molecular complexity index is 489. The molecule has 19 heavy (non-hydrogen) atoms. The van der Waals surface area contributed by atoms with Gasteiger partial charge in [-0.25, -0.2) is 4.39 Å². The van der Waals surface area contributed by atoms with Gasteiger partial charge in [-0.3, -0.25) is 4.79 Å². The van der Waals surface area contributed by atoms with Crippen molar-refractivity contribution < 1.29 is 9.18 Å². The molecule has 0 N–H and O–H groups in total. The van der Waals surface area contributed by atoms with Crippen molar-refractivity contribution in [3.05, 3.63) is 33.0 Å². The fourth-order valence-electron chi connectivity index (χ4n) is 2.84. The largest absolute Gasteiger partial charge is 0.294 e. The number of benzene rings is 1. The van der Waals surface area contributed by atoms with Crippen LogP contribution in [0.2, 0.25) is 5.02 Å². The smallest absolute Gasteiger partial charge is 0.168 e. The predicted molar refractivity (Wildman–Crippen MR) is 79.2 cm³/mol. The summed E-state index contributed by atoms with van der Waals surface area (Å²) in [7, 11) is 0. The van der Waals surface area contributed by atoms with Crippen LogP contribution in [0.1, 0.15) is 49.4 Å². The van der Waals surface area contributed by atoms with Gasteiger partial charge in [0.05, 0.1) is 10.6 Å². The SMILES string of the molecule is CCC1CCCC(C(=O)c2ccc(Br)c(Cl)c2F)C1. The van der Waals surface area contributed by atoms with Crippen LogP contribution in [0.25, 0.3) is 0 Å². The molecule has 0 radical (unpaired) electrons. The summed E-state index contributed by atoms with van der Waals surface area (Å²) in [6.45, 7) is 2.15. The lowest BCUT2D eigenvalue weighted by molar-refractivity contribution is 0.0857. The van der Waals surface area contributed by atoms with Gasteiger partial charge in [0.1, 0.15) is 0 Å². The summed E-state index contributed by atoms with van der Waals surface area (Å²) < 4.78 is 14.5. The normalized spacial score (nSPS) is 23.4. The quantitative estimate of drug-likeness (QED) is 0.511. The number of hydrogen-bond acceptors (Lipinski definition) is 1. The fourth-order valence-corrected chi connectivity index (χ4v) is 3.31. The van der Waals surface area contributed by atoms with Gasteiger partial charge in [0.2, 0.25) is 0 Å². The Morgan fingerprint density at radius 2 is 2.21 bits per heavy atom. The lowest BCUT2D eigenvalue weighted by Gasteiger charge is -2.27. The van der Waals surface area contributed by atoms with E-state index < -0.39 is 5.82 Å². The number of Topliss-reactive ketones (excluding diaryl/α,β-unsaturated/α-hetero) is 1. The van der Waals surface area contributed by atoms with E-state index in [1.165, 1.54) is 12.5 Å². The second kappa shape index (κ2) is 6.36. The van der Waals surface area contributed by atoms with Crippen molar-refractivity contribution in [3.63, 3.8) is 0 Å². The average molecular weight is 348 g/mol. The van der Waals surface area contributed by atoms with Crippen molar-refractivity contribution in [2.45, 2.75) is 39.0 Å². The Kier molecular flexibility index (Phi) is 5.02. The minimum Gasteiger partial charge on any atom is -0.294 e. The van der Waals surface area contributed by atoms with Gasteiger partial charge in [-0.1, -0.05) is 37.8 Å². The third-order valence-corrected chi connectivity index (χ3v) is 5.29. The first-order valence-corrected chi connectivity index (χ1v) is 7.89. The van der Waals surface area contributed by atoms with Crippen LogP contribution in [0, 0.1) is 17.7 Å². The minimum atomic E-state index is -0.598. The lowest BCUT2D eigenvalue weighted by atomic mass is 9.77. The number of halogens is 3. The van der Waals surface area contributed by atoms with Crippen molar-refractivity contribution in [3.8, 4) is 0 Å². The maximum atomic E-state index is 14.1. The molecule has 2 atom stereocenters. The van der Waals surface area contributed by atoms with Crippen LogP contribution >= 0.6 is 27.5 Å². The molecule has 0 aliphatic heterocycles. The highest BCUT2D eigenvalue weighted by atomic mass is 79.9. The molecular weight excluding hydrogens is 331 g/mol. The molecule has 1 aliphatic rings. The molecule has 1 aromatic carbocycles. The molecule has 2 unspecified atom stereocenters. The Hall–Kier alpha value is -0.410. The topological polar surface area (TPSA) is 17.1 Å². The number of carbonyl (C=O) groups is 1. The zero-order valence-corrected chi connectivity index (χ0v) is 13.2. The summed E-state index contributed by atoms with van der Waals surface area (Å²) in [6.07, 6.45) is 5.07. The first kappa shape index (κ1) is 15.0. The molecule has 1 aliphatic carbocycles. The second-order valence-electron chi connectivity index (χ2n) is 5.22. The van der Waals surface area contributed by atoms with Crippen LogP contribution in [-0.4, -0.2) is 5.78 Å². The average Bonchev–Trinajstić information content (AvgIpc) is 2.44. The summed E-state index contributed by atoms with van der Waals surface area (Å²) in [4.78, 5) is 12.4. The first-order valence-electron chi connectivity index (χ1n) is 6.72. The Labute approximate surface area is 126 Å². The number of hydrogen-bond donors (Lipinski definition) is 0. The Morgan fingerprint density at radius 1 is 1.47 bits per heavy atom. The number of ketones is 1. The van der Waals surface area contributed by atoms with Gasteiger partial charge in [0, 0.05) is 10.4 Å². The lowest BCUT2D eigenvalue weighted by Crippen LogP contribution is -2.23. The van der Waals surface area contributed by atoms with Crippen LogP contribution in [-0.2, 0) is 0 Å². The van der Waals surface area contributed by atoms with E-state index >= 15 is 0 Å². The van der Waals surface area contributed by atoms with E-state index in [2.05, 4.69) is 22.9 Å². The van der Waals surface area contributed by atoms with E-state index in [0.29, 0.717) is 10.4 Å². The molecule has 1 nitrogen and oxygen atoms in total. The van der Waals surface area contributed by atoms with E-state index in [-0.39, 0.29) is 22.3 Å². The number of rotatable bonds is 3. The van der Waals surface area contributed by atoms with Crippen molar-refractivity contribution in [2.75, 3.05) is 0 Å². The summed E-state index contributed by atoms with van der Waals surface area (Å²) in [5.74, 6) is -0.146. The van der Waals surface area contributed by atoms with E-state index in [1.807, 2.05) is 0 Å². The number of carbonyl (C=O) groups excluding carboxylic acids is 1. The van der Waals surface area contributed by atoms with Gasteiger partial charge in [-0.15, -0.1) is 0 Å². The summed E-state index contributed by atoms with van der Waals surface area (Å²) in [6, 6.07) is 3.17. The minimum absolute atomic E-state index is 0.00583. The van der Waals surface area contributed by atoms with Crippen molar-refractivity contribution >= 4 is 33.3 Å². The molecule has 0 heterocycles. The van der Waals surface area contributed by atoms with Crippen LogP contribution in [0.5, 0.6) is 0 Å². The van der Waals surface area contributed by atoms with Crippen LogP contribution in [0.4, 0.5) is 4.39 Å². The highest BCUT2D eigenvalue weighted by Crippen LogP contribution is 2.35. The Balaban J connectivity index is 2.22. The van der Waals surface area contributed by atoms with Crippen molar-refractivity contribution in [2.24, 2.45) is 11.8 Å². The molecule has 104 valence electrons. The van der Waals surface area contributed by atoms with Gasteiger partial charge in [-0.05, 0) is 46.8 Å². The molecule has 0 aromatic heterocycles. The molecule has 0 saturated heterocycles. The van der Waals surface area contributed by atoms with E-state index in [4.69, 9.17) is 11.6 Å². The van der Waals surface area contributed by atoms with Crippen LogP contribution in [0.15, 0.2) is 16.6 Å². The molecule has 1 aromatic rings. The monoisotopic (exact) mass is 346 g/mol. The van der Waals surface area contributed by atoms with Gasteiger partial charge in [0.15, 0.2) is 11.6 Å². The summed E-state index contributed by atoms with van der Waals surface area (Å²) >= 11 is 9.01. The van der Waals surface area contributed by atoms with E-state index in [9.17, 15) is 9.18 Å². The maximum absolute atomic E-state index is 14.1. The zero-order chi connectivity index (χ0) is 14.0. The first-order chi connectivity index (χ1) is 9.04. The van der Waals surface area contributed by atoms with Gasteiger partial charge in [-0.2, -0.15) is 0 Å². The summed E-state index contributed by atoms with van der Waals surface area (Å²) in [5, 5.41) is -0.00583. The third kappa shape index (κ3) is 3.19. The Morgan fingerprint density at radius 3 is 2.89 bits per heavy atom. The highest BCUT2D eigenvalue weighted by molar-refractivity contribution is 9.10. The standard InChI is InChI=1S/C15H17BrClFO/c1-2-9-4-3-5-10(8-9)15(19)11-6-7-12(16)13(17)14(11)18/h6-7,9-10H,2-5,8H2,1H3. The van der Waals surface area contributed by atoms with Crippen LogP contribution < -0.4 is 0 Å². The zero-order valence-electron chi connectivity index (χ0n) is 10.9. The van der Waals surface area contributed by atoms with Gasteiger partial charge >= 0.3 is 0 Å². The molecule has 1 saturated carbocycles. The predicted octanol–water partition coefficient (Wildman–Crippen LogP) is 5.64. The van der Waals surface area contributed by atoms with Crippen molar-refractivity contribution in [1.29, 1.82) is 0 Å². The van der Waals surface area contributed by atoms with E-state index in [1.54, 1.807) is 6.07 Å². The summed E-state index contributed by atoms with van der Waals surface area (Å²) in [5.41, 5.74) is 0.134. The molecule has 1 fully saturated rings. The molecule has 2 rings (SSSR count). The molecule has 4 heteroatoms. The fraction of sp³-hybridized carbons (Fsp3) is 0.533.